The van der Waals surface area contributed by atoms with Crippen LogP contribution in [0.25, 0.3) is 0 Å². The van der Waals surface area contributed by atoms with Crippen LogP contribution < -0.4 is 4.74 Å². The van der Waals surface area contributed by atoms with E-state index in [1.54, 1.807) is 7.11 Å². The van der Waals surface area contributed by atoms with Crippen LogP contribution in [-0.4, -0.2) is 23.4 Å². The smallest absolute Gasteiger partial charge is 0.316 e. The van der Waals surface area contributed by atoms with Crippen LogP contribution in [0.2, 0.25) is 0 Å². The quantitative estimate of drug-likeness (QED) is 0.848. The van der Waals surface area contributed by atoms with Gasteiger partial charge in [0.2, 0.25) is 0 Å². The monoisotopic (exact) mass is 302 g/mol. The molecule has 0 saturated carbocycles. The van der Waals surface area contributed by atoms with Crippen molar-refractivity contribution in [3.05, 3.63) is 65.7 Å². The van der Waals surface area contributed by atoms with E-state index in [4.69, 9.17) is 4.74 Å². The van der Waals surface area contributed by atoms with E-state index in [0.717, 1.165) is 16.9 Å². The first-order valence-corrected chi connectivity index (χ1v) is 7.75. The van der Waals surface area contributed by atoms with E-state index in [-0.39, 0.29) is 0 Å². The Morgan fingerprint density at radius 3 is 2.33 bits per heavy atom. The Bertz CT molecular complexity index is 566. The molecule has 2 aromatic carbocycles. The molecule has 0 saturated heterocycles. The van der Waals surface area contributed by atoms with Gasteiger partial charge >= 0.3 is 5.97 Å². The summed E-state index contributed by atoms with van der Waals surface area (Å²) in [4.78, 5) is 11.4. The van der Waals surface area contributed by atoms with E-state index in [0.29, 0.717) is 12.2 Å². The van der Waals surface area contributed by atoms with Gasteiger partial charge in [0.15, 0.2) is 0 Å². The third-order valence-corrected chi connectivity index (χ3v) is 4.42. The second-order valence-corrected chi connectivity index (χ2v) is 5.87. The first-order chi connectivity index (χ1) is 10.2. The molecular formula is C17H18O3S. The SMILES string of the molecule is COc1ccc(CS[C@@H](Cc2ccccc2)C(=O)O)cc1. The average Bonchev–Trinajstić information content (AvgIpc) is 2.52. The fraction of sp³-hybridized carbons (Fsp3) is 0.235. The van der Waals surface area contributed by atoms with Crippen molar-refractivity contribution in [2.45, 2.75) is 17.4 Å². The Kier molecular flexibility index (Phi) is 5.69. The number of rotatable bonds is 7. The molecule has 4 heteroatoms. The van der Waals surface area contributed by atoms with Gasteiger partial charge in [-0.3, -0.25) is 4.79 Å². The highest BCUT2D eigenvalue weighted by Gasteiger charge is 2.18. The van der Waals surface area contributed by atoms with Gasteiger partial charge < -0.3 is 9.84 Å². The van der Waals surface area contributed by atoms with E-state index < -0.39 is 11.2 Å². The van der Waals surface area contributed by atoms with Gasteiger partial charge in [0.05, 0.1) is 7.11 Å². The van der Waals surface area contributed by atoms with Gasteiger partial charge in [-0.25, -0.2) is 0 Å². The molecule has 0 fully saturated rings. The number of benzene rings is 2. The number of hydrogen-bond donors (Lipinski definition) is 1. The van der Waals surface area contributed by atoms with E-state index in [1.807, 2.05) is 54.6 Å². The van der Waals surface area contributed by atoms with Crippen LogP contribution in [0.3, 0.4) is 0 Å². The van der Waals surface area contributed by atoms with Crippen LogP contribution in [0.1, 0.15) is 11.1 Å². The molecule has 1 atom stereocenters. The molecule has 0 aliphatic rings. The highest BCUT2D eigenvalue weighted by molar-refractivity contribution is 7.99. The number of methoxy groups -OCH3 is 1. The number of aliphatic carboxylic acids is 1. The lowest BCUT2D eigenvalue weighted by Gasteiger charge is -2.12. The number of thioether (sulfide) groups is 1. The first kappa shape index (κ1) is 15.4. The number of carbonyl (C=O) groups is 1. The molecule has 21 heavy (non-hydrogen) atoms. The summed E-state index contributed by atoms with van der Waals surface area (Å²) >= 11 is 1.45. The maximum Gasteiger partial charge on any atom is 0.316 e. The molecule has 0 radical (unpaired) electrons. The summed E-state index contributed by atoms with van der Waals surface area (Å²) in [6.07, 6.45) is 0.539. The minimum atomic E-state index is -0.766. The fourth-order valence-corrected chi connectivity index (χ4v) is 3.00. The Balaban J connectivity index is 1.95. The van der Waals surface area contributed by atoms with Crippen molar-refractivity contribution in [1.29, 1.82) is 0 Å². The topological polar surface area (TPSA) is 46.5 Å². The lowest BCUT2D eigenvalue weighted by Crippen LogP contribution is -2.19. The number of ether oxygens (including phenoxy) is 1. The van der Waals surface area contributed by atoms with Gasteiger partial charge in [-0.2, -0.15) is 0 Å². The standard InChI is InChI=1S/C17H18O3S/c1-20-15-9-7-14(8-10-15)12-21-16(17(18)19)11-13-5-3-2-4-6-13/h2-10,16H,11-12H2,1H3,(H,18,19)/t16-/m0/s1. The van der Waals surface area contributed by atoms with Crippen LogP contribution in [0.4, 0.5) is 0 Å². The minimum absolute atomic E-state index is 0.436. The molecule has 0 aliphatic carbocycles. The Hall–Kier alpha value is -1.94. The van der Waals surface area contributed by atoms with Crippen molar-refractivity contribution in [2.24, 2.45) is 0 Å². The molecule has 0 bridgehead atoms. The van der Waals surface area contributed by atoms with E-state index in [1.165, 1.54) is 11.8 Å². The van der Waals surface area contributed by atoms with Crippen molar-refractivity contribution < 1.29 is 14.6 Å². The van der Waals surface area contributed by atoms with Gasteiger partial charge in [-0.15, -0.1) is 11.8 Å². The van der Waals surface area contributed by atoms with Gasteiger partial charge in [-0.05, 0) is 29.7 Å². The van der Waals surface area contributed by atoms with E-state index in [2.05, 4.69) is 0 Å². The highest BCUT2D eigenvalue weighted by Crippen LogP contribution is 2.23. The number of carboxylic acids is 1. The number of carboxylic acid groups (broad SMARTS) is 1. The van der Waals surface area contributed by atoms with Crippen molar-refractivity contribution in [3.63, 3.8) is 0 Å². The van der Waals surface area contributed by atoms with Gasteiger partial charge in [0.25, 0.3) is 0 Å². The summed E-state index contributed by atoms with van der Waals surface area (Å²) in [7, 11) is 1.63. The molecule has 3 nitrogen and oxygen atoms in total. The molecule has 0 heterocycles. The third-order valence-electron chi connectivity index (χ3n) is 3.15. The normalized spacial score (nSPS) is 11.9. The zero-order valence-electron chi connectivity index (χ0n) is 11.9. The largest absolute Gasteiger partial charge is 0.497 e. The lowest BCUT2D eigenvalue weighted by molar-refractivity contribution is -0.136. The van der Waals surface area contributed by atoms with Gasteiger partial charge in [0.1, 0.15) is 11.0 Å². The molecule has 0 aromatic heterocycles. The molecule has 0 spiro atoms. The first-order valence-electron chi connectivity index (χ1n) is 6.70. The van der Waals surface area contributed by atoms with Gasteiger partial charge in [0, 0.05) is 5.75 Å². The van der Waals surface area contributed by atoms with Crippen molar-refractivity contribution in [1.82, 2.24) is 0 Å². The minimum Gasteiger partial charge on any atom is -0.497 e. The summed E-state index contributed by atoms with van der Waals surface area (Å²) in [5, 5.41) is 8.92. The molecule has 0 aliphatic heterocycles. The average molecular weight is 302 g/mol. The summed E-state index contributed by atoms with van der Waals surface area (Å²) in [6, 6.07) is 17.4. The Labute approximate surface area is 129 Å². The van der Waals surface area contributed by atoms with Gasteiger partial charge in [-0.1, -0.05) is 42.5 Å². The van der Waals surface area contributed by atoms with Crippen molar-refractivity contribution in [3.8, 4) is 5.75 Å². The Morgan fingerprint density at radius 1 is 1.10 bits per heavy atom. The number of hydrogen-bond acceptors (Lipinski definition) is 3. The van der Waals surface area contributed by atoms with Crippen molar-refractivity contribution >= 4 is 17.7 Å². The third kappa shape index (κ3) is 4.83. The molecule has 2 aromatic rings. The second-order valence-electron chi connectivity index (χ2n) is 4.68. The summed E-state index contributed by atoms with van der Waals surface area (Å²) < 4.78 is 5.11. The van der Waals surface area contributed by atoms with Crippen LogP contribution in [-0.2, 0) is 17.0 Å². The Morgan fingerprint density at radius 2 is 1.76 bits per heavy atom. The fourth-order valence-electron chi connectivity index (χ4n) is 1.96. The van der Waals surface area contributed by atoms with E-state index in [9.17, 15) is 9.90 Å². The molecular weight excluding hydrogens is 284 g/mol. The molecule has 2 rings (SSSR count). The lowest BCUT2D eigenvalue weighted by atomic mass is 10.1. The van der Waals surface area contributed by atoms with Crippen LogP contribution in [0.5, 0.6) is 5.75 Å². The zero-order chi connectivity index (χ0) is 15.1. The molecule has 110 valence electrons. The van der Waals surface area contributed by atoms with Crippen LogP contribution >= 0.6 is 11.8 Å². The molecule has 0 unspecified atom stereocenters. The zero-order valence-corrected chi connectivity index (χ0v) is 12.7. The predicted molar refractivity (Wildman–Crippen MR) is 85.9 cm³/mol. The molecule has 0 amide bonds. The summed E-state index contributed by atoms with van der Waals surface area (Å²) in [5.74, 6) is 0.716. The van der Waals surface area contributed by atoms with E-state index >= 15 is 0 Å². The summed E-state index contributed by atoms with van der Waals surface area (Å²) in [6.45, 7) is 0. The predicted octanol–water partition coefficient (Wildman–Crippen LogP) is 3.62. The molecule has 1 N–H and O–H groups in total. The second kappa shape index (κ2) is 7.74. The van der Waals surface area contributed by atoms with Crippen molar-refractivity contribution in [2.75, 3.05) is 7.11 Å². The maximum atomic E-state index is 11.4. The maximum absolute atomic E-state index is 11.4. The summed E-state index contributed by atoms with van der Waals surface area (Å²) in [5.41, 5.74) is 2.15. The highest BCUT2D eigenvalue weighted by atomic mass is 32.2. The van der Waals surface area contributed by atoms with Crippen LogP contribution in [0, 0.1) is 0 Å². The van der Waals surface area contributed by atoms with Crippen LogP contribution in [0.15, 0.2) is 54.6 Å².